The zero-order valence-corrected chi connectivity index (χ0v) is 19.4. The van der Waals surface area contributed by atoms with E-state index in [0.29, 0.717) is 0 Å². The Morgan fingerprint density at radius 2 is 1.73 bits per heavy atom. The van der Waals surface area contributed by atoms with Gasteiger partial charge in [-0.1, -0.05) is 31.9 Å². The molecule has 0 bridgehead atoms. The summed E-state index contributed by atoms with van der Waals surface area (Å²) in [6.45, 7) is 10.1. The van der Waals surface area contributed by atoms with Gasteiger partial charge in [0.15, 0.2) is 0 Å². The standard InChI is InChI=1S/C27H43NO2/c1-15-4-7-25-16(2)18-5-6-19-20(22(18)14-28(25)13-15)11-23-21(19)12-26(30)24-10-17(29)8-9-27(23,24)3/h15-20,22,24-26,29-30H,4-14H2,1-3H3. The van der Waals surface area contributed by atoms with Crippen molar-refractivity contribution in [3.63, 3.8) is 0 Å². The van der Waals surface area contributed by atoms with E-state index in [1.165, 1.54) is 45.2 Å². The fourth-order valence-electron chi connectivity index (χ4n) is 9.80. The summed E-state index contributed by atoms with van der Waals surface area (Å²) >= 11 is 0. The molecule has 11 atom stereocenters. The van der Waals surface area contributed by atoms with Crippen LogP contribution >= 0.6 is 0 Å². The van der Waals surface area contributed by atoms with Gasteiger partial charge in [0.2, 0.25) is 0 Å². The molecule has 2 saturated heterocycles. The van der Waals surface area contributed by atoms with E-state index in [1.807, 2.05) is 0 Å². The van der Waals surface area contributed by atoms with Crippen molar-refractivity contribution in [1.29, 1.82) is 0 Å². The van der Waals surface area contributed by atoms with Crippen LogP contribution < -0.4 is 0 Å². The third-order valence-corrected chi connectivity index (χ3v) is 11.3. The van der Waals surface area contributed by atoms with Gasteiger partial charge < -0.3 is 10.2 Å². The van der Waals surface area contributed by atoms with E-state index in [2.05, 4.69) is 25.7 Å². The zero-order chi connectivity index (χ0) is 20.8. The molecule has 2 heterocycles. The minimum atomic E-state index is -0.238. The second-order valence-electron chi connectivity index (χ2n) is 12.7. The first-order valence-electron chi connectivity index (χ1n) is 13.2. The smallest absolute Gasteiger partial charge is 0.0614 e. The number of rotatable bonds is 0. The second kappa shape index (κ2) is 7.06. The molecule has 168 valence electrons. The molecule has 30 heavy (non-hydrogen) atoms. The number of hydrogen-bond acceptors (Lipinski definition) is 3. The van der Waals surface area contributed by atoms with Gasteiger partial charge in [-0.2, -0.15) is 0 Å². The van der Waals surface area contributed by atoms with Crippen molar-refractivity contribution < 1.29 is 10.2 Å². The maximum Gasteiger partial charge on any atom is 0.0614 e. The van der Waals surface area contributed by atoms with E-state index in [-0.39, 0.29) is 23.5 Å². The van der Waals surface area contributed by atoms with Gasteiger partial charge in [0.1, 0.15) is 0 Å². The van der Waals surface area contributed by atoms with E-state index in [1.54, 1.807) is 11.1 Å². The quantitative estimate of drug-likeness (QED) is 0.569. The number of aliphatic hydroxyl groups excluding tert-OH is 2. The fraction of sp³-hybridized carbons (Fsp3) is 0.926. The normalized spacial score (nSPS) is 55.9. The third-order valence-electron chi connectivity index (χ3n) is 11.3. The molecule has 2 aliphatic heterocycles. The molecule has 4 fully saturated rings. The van der Waals surface area contributed by atoms with E-state index in [9.17, 15) is 10.2 Å². The molecule has 2 N–H and O–H groups in total. The molecule has 0 radical (unpaired) electrons. The van der Waals surface area contributed by atoms with Crippen molar-refractivity contribution in [3.05, 3.63) is 11.1 Å². The molecule has 0 aromatic carbocycles. The largest absolute Gasteiger partial charge is 0.393 e. The first kappa shape index (κ1) is 20.2. The second-order valence-corrected chi connectivity index (χ2v) is 12.7. The number of fused-ring (bicyclic) bond motifs is 7. The van der Waals surface area contributed by atoms with Gasteiger partial charge >= 0.3 is 0 Å². The van der Waals surface area contributed by atoms with E-state index < -0.39 is 0 Å². The molecule has 6 rings (SSSR count). The molecule has 6 aliphatic rings. The molecule has 11 unspecified atom stereocenters. The van der Waals surface area contributed by atoms with Crippen LogP contribution in [0.3, 0.4) is 0 Å². The lowest BCUT2D eigenvalue weighted by Crippen LogP contribution is -2.58. The Hall–Kier alpha value is -0.380. The van der Waals surface area contributed by atoms with Crippen LogP contribution in [-0.2, 0) is 0 Å². The minimum absolute atomic E-state index is 0.140. The Labute approximate surface area is 183 Å². The summed E-state index contributed by atoms with van der Waals surface area (Å²) in [5.41, 5.74) is 3.58. The molecule has 0 aromatic heterocycles. The van der Waals surface area contributed by atoms with Gasteiger partial charge in [-0.3, -0.25) is 4.90 Å². The van der Waals surface area contributed by atoms with Crippen LogP contribution in [0.4, 0.5) is 0 Å². The predicted molar refractivity (Wildman–Crippen MR) is 120 cm³/mol. The molecular formula is C27H43NO2. The molecule has 0 spiro atoms. The number of nitrogens with zero attached hydrogens (tertiary/aromatic N) is 1. The maximum absolute atomic E-state index is 11.1. The molecule has 0 aromatic rings. The van der Waals surface area contributed by atoms with Gasteiger partial charge in [0, 0.05) is 19.1 Å². The highest BCUT2D eigenvalue weighted by Crippen LogP contribution is 2.64. The summed E-state index contributed by atoms with van der Waals surface area (Å²) < 4.78 is 0. The number of hydrogen-bond donors (Lipinski definition) is 2. The first-order chi connectivity index (χ1) is 14.4. The summed E-state index contributed by atoms with van der Waals surface area (Å²) in [4.78, 5) is 2.90. The maximum atomic E-state index is 11.1. The Morgan fingerprint density at radius 3 is 2.57 bits per heavy atom. The van der Waals surface area contributed by atoms with E-state index in [0.717, 1.165) is 67.2 Å². The van der Waals surface area contributed by atoms with Crippen molar-refractivity contribution in [2.24, 2.45) is 46.8 Å². The van der Waals surface area contributed by atoms with Gasteiger partial charge in [-0.05, 0) is 105 Å². The molecule has 2 saturated carbocycles. The van der Waals surface area contributed by atoms with Crippen LogP contribution in [0.2, 0.25) is 0 Å². The van der Waals surface area contributed by atoms with Crippen LogP contribution in [0.15, 0.2) is 11.1 Å². The predicted octanol–water partition coefficient (Wildman–Crippen LogP) is 4.63. The minimum Gasteiger partial charge on any atom is -0.393 e. The van der Waals surface area contributed by atoms with Crippen molar-refractivity contribution in [2.75, 3.05) is 13.1 Å². The monoisotopic (exact) mass is 413 g/mol. The van der Waals surface area contributed by atoms with Crippen molar-refractivity contribution in [3.8, 4) is 0 Å². The molecular weight excluding hydrogens is 370 g/mol. The third kappa shape index (κ3) is 2.80. The van der Waals surface area contributed by atoms with Crippen LogP contribution in [-0.4, -0.2) is 46.5 Å². The summed E-state index contributed by atoms with van der Waals surface area (Å²) in [7, 11) is 0. The molecule has 4 aliphatic carbocycles. The van der Waals surface area contributed by atoms with Crippen molar-refractivity contribution >= 4 is 0 Å². The highest BCUT2D eigenvalue weighted by Gasteiger charge is 2.57. The zero-order valence-electron chi connectivity index (χ0n) is 19.4. The van der Waals surface area contributed by atoms with Gasteiger partial charge in [-0.15, -0.1) is 0 Å². The topological polar surface area (TPSA) is 43.7 Å². The van der Waals surface area contributed by atoms with E-state index >= 15 is 0 Å². The lowest BCUT2D eigenvalue weighted by Gasteiger charge is -2.56. The Kier molecular flexibility index (Phi) is 4.76. The van der Waals surface area contributed by atoms with Crippen LogP contribution in [0, 0.1) is 46.8 Å². The Morgan fingerprint density at radius 1 is 0.900 bits per heavy atom. The van der Waals surface area contributed by atoms with Crippen molar-refractivity contribution in [2.45, 2.75) is 96.8 Å². The number of aliphatic hydroxyl groups is 2. The SMILES string of the molecule is CC1CCC2C(C)C3CCC4C5=C(CC4C3CN2C1)C1(C)CCC(O)CC1C(O)C5. The van der Waals surface area contributed by atoms with Crippen LogP contribution in [0.1, 0.15) is 78.6 Å². The summed E-state index contributed by atoms with van der Waals surface area (Å²) in [5.74, 6) is 5.34. The Bertz CT molecular complexity index is 730. The highest BCUT2D eigenvalue weighted by atomic mass is 16.3. The highest BCUT2D eigenvalue weighted by molar-refractivity contribution is 5.36. The molecule has 0 amide bonds. The van der Waals surface area contributed by atoms with Crippen LogP contribution in [0.5, 0.6) is 0 Å². The van der Waals surface area contributed by atoms with Gasteiger partial charge in [-0.25, -0.2) is 0 Å². The fourth-order valence-corrected chi connectivity index (χ4v) is 9.80. The molecule has 3 nitrogen and oxygen atoms in total. The summed E-state index contributed by atoms with van der Waals surface area (Å²) in [6, 6.07) is 0.839. The van der Waals surface area contributed by atoms with Gasteiger partial charge in [0.05, 0.1) is 12.2 Å². The van der Waals surface area contributed by atoms with E-state index in [4.69, 9.17) is 0 Å². The lowest BCUT2D eigenvalue weighted by atomic mass is 9.56. The summed E-state index contributed by atoms with van der Waals surface area (Å²) in [5, 5.41) is 21.4. The Balaban J connectivity index is 1.30. The lowest BCUT2D eigenvalue weighted by molar-refractivity contribution is -0.0670. The number of allylic oxidation sites excluding steroid dienone is 1. The average Bonchev–Trinajstić information content (AvgIpc) is 3.09. The average molecular weight is 414 g/mol. The van der Waals surface area contributed by atoms with Gasteiger partial charge in [0.25, 0.3) is 0 Å². The van der Waals surface area contributed by atoms with Crippen molar-refractivity contribution in [1.82, 2.24) is 4.90 Å². The first-order valence-corrected chi connectivity index (χ1v) is 13.2. The summed E-state index contributed by atoms with van der Waals surface area (Å²) in [6.07, 6.45) is 10.2. The van der Waals surface area contributed by atoms with Crippen LogP contribution in [0.25, 0.3) is 0 Å². The molecule has 3 heteroatoms. The number of piperidine rings is 2.